The number of nitrogens with one attached hydrogen (secondary N) is 1. The maximum absolute atomic E-state index is 12.3. The molecule has 0 unspecified atom stereocenters. The zero-order chi connectivity index (χ0) is 16.2. The number of benzene rings is 1. The number of aryl methyl sites for hydroxylation is 1. The van der Waals surface area contributed by atoms with Gasteiger partial charge in [-0.3, -0.25) is 4.79 Å². The minimum Gasteiger partial charge on any atom is -0.341 e. The molecule has 0 fully saturated rings. The van der Waals surface area contributed by atoms with E-state index in [0.717, 1.165) is 23.1 Å². The minimum atomic E-state index is 0.0217. The van der Waals surface area contributed by atoms with Crippen molar-refractivity contribution < 1.29 is 4.79 Å². The predicted octanol–water partition coefficient (Wildman–Crippen LogP) is 1.95. The zero-order valence-electron chi connectivity index (χ0n) is 12.9. The lowest BCUT2D eigenvalue weighted by Crippen LogP contribution is -2.28. The third-order valence-electron chi connectivity index (χ3n) is 3.58. The first-order chi connectivity index (χ1) is 11.1. The number of nitrogens with zero attached hydrogens (tertiary/aromatic N) is 5. The molecule has 2 heterocycles. The van der Waals surface area contributed by atoms with Gasteiger partial charge in [-0.05, 0) is 41.2 Å². The number of carbonyl (C=O) groups is 1. The molecule has 0 spiro atoms. The Labute approximate surface area is 137 Å². The maximum Gasteiger partial charge on any atom is 0.265 e. The molecule has 2 aromatic heterocycles. The number of aromatic nitrogens is 5. The van der Waals surface area contributed by atoms with Crippen molar-refractivity contribution in [1.29, 1.82) is 0 Å². The van der Waals surface area contributed by atoms with Crippen molar-refractivity contribution >= 4 is 17.4 Å². The van der Waals surface area contributed by atoms with Gasteiger partial charge in [0, 0.05) is 25.4 Å². The van der Waals surface area contributed by atoms with E-state index in [1.54, 1.807) is 11.1 Å². The third-order valence-corrected chi connectivity index (χ3v) is 4.47. The fourth-order valence-corrected chi connectivity index (χ4v) is 2.92. The monoisotopic (exact) mass is 328 g/mol. The molecular formula is C15H16N6OS. The fourth-order valence-electron chi connectivity index (χ4n) is 2.17. The van der Waals surface area contributed by atoms with E-state index in [9.17, 15) is 4.79 Å². The van der Waals surface area contributed by atoms with Crippen LogP contribution in [-0.4, -0.2) is 49.4 Å². The van der Waals surface area contributed by atoms with Crippen molar-refractivity contribution in [1.82, 2.24) is 29.9 Å². The Balaban J connectivity index is 1.60. The number of rotatable bonds is 5. The summed E-state index contributed by atoms with van der Waals surface area (Å²) in [6.45, 7) is 2.55. The van der Waals surface area contributed by atoms with Crippen molar-refractivity contribution in [3.05, 3.63) is 46.5 Å². The van der Waals surface area contributed by atoms with Crippen LogP contribution in [0.2, 0.25) is 0 Å². The van der Waals surface area contributed by atoms with Crippen molar-refractivity contribution in [3.63, 3.8) is 0 Å². The normalized spacial score (nSPS) is 10.7. The number of hydrogen-bond acceptors (Lipinski definition) is 6. The molecule has 23 heavy (non-hydrogen) atoms. The first kappa shape index (κ1) is 15.3. The first-order valence-corrected chi connectivity index (χ1v) is 7.92. The summed E-state index contributed by atoms with van der Waals surface area (Å²) in [5.41, 5.74) is 2.99. The molecule has 118 valence electrons. The molecule has 0 atom stereocenters. The Morgan fingerprint density at radius 3 is 2.70 bits per heavy atom. The SMILES string of the molecule is Cc1cnsc1C(=O)N(C)CCc1ccc(-c2nn[nH]n2)cc1. The summed E-state index contributed by atoms with van der Waals surface area (Å²) in [6, 6.07) is 7.94. The summed E-state index contributed by atoms with van der Waals surface area (Å²) in [5.74, 6) is 0.595. The van der Waals surface area contributed by atoms with E-state index in [4.69, 9.17) is 0 Å². The molecule has 0 aliphatic carbocycles. The van der Waals surface area contributed by atoms with E-state index < -0.39 is 0 Å². The molecule has 0 aliphatic rings. The third kappa shape index (κ3) is 3.42. The second kappa shape index (κ2) is 6.66. The van der Waals surface area contributed by atoms with Crippen LogP contribution in [0.4, 0.5) is 0 Å². The highest BCUT2D eigenvalue weighted by molar-refractivity contribution is 7.08. The van der Waals surface area contributed by atoms with E-state index >= 15 is 0 Å². The minimum absolute atomic E-state index is 0.0217. The second-order valence-corrected chi connectivity index (χ2v) is 6.05. The molecule has 3 rings (SSSR count). The van der Waals surface area contributed by atoms with Crippen LogP contribution in [0.1, 0.15) is 20.8 Å². The number of H-pyrrole nitrogens is 1. The highest BCUT2D eigenvalue weighted by Crippen LogP contribution is 2.16. The lowest BCUT2D eigenvalue weighted by atomic mass is 10.1. The summed E-state index contributed by atoms with van der Waals surface area (Å²) < 4.78 is 4.05. The summed E-state index contributed by atoms with van der Waals surface area (Å²) in [6.07, 6.45) is 2.51. The zero-order valence-corrected chi connectivity index (χ0v) is 13.7. The van der Waals surface area contributed by atoms with Crippen LogP contribution in [0.5, 0.6) is 0 Å². The number of aromatic amines is 1. The molecule has 0 saturated heterocycles. The second-order valence-electron chi connectivity index (χ2n) is 5.25. The van der Waals surface area contributed by atoms with Crippen LogP contribution in [0, 0.1) is 6.92 Å². The summed E-state index contributed by atoms with van der Waals surface area (Å²) in [7, 11) is 1.81. The summed E-state index contributed by atoms with van der Waals surface area (Å²) >= 11 is 1.24. The largest absolute Gasteiger partial charge is 0.341 e. The van der Waals surface area contributed by atoms with Crippen LogP contribution in [0.15, 0.2) is 30.5 Å². The van der Waals surface area contributed by atoms with Crippen molar-refractivity contribution in [2.75, 3.05) is 13.6 Å². The van der Waals surface area contributed by atoms with Gasteiger partial charge in [-0.25, -0.2) is 4.37 Å². The number of carbonyl (C=O) groups excluding carboxylic acids is 1. The van der Waals surface area contributed by atoms with Crippen LogP contribution in [0.25, 0.3) is 11.4 Å². The maximum atomic E-state index is 12.3. The van der Waals surface area contributed by atoms with Crippen molar-refractivity contribution in [2.45, 2.75) is 13.3 Å². The fraction of sp³-hybridized carbons (Fsp3) is 0.267. The summed E-state index contributed by atoms with van der Waals surface area (Å²) in [4.78, 5) is 14.8. The first-order valence-electron chi connectivity index (χ1n) is 7.14. The molecule has 0 bridgehead atoms. The van der Waals surface area contributed by atoms with Gasteiger partial charge in [0.15, 0.2) is 0 Å². The highest BCUT2D eigenvalue weighted by atomic mass is 32.1. The number of likely N-dealkylation sites (N-methyl/N-ethyl adjacent to an activating group) is 1. The Bertz CT molecular complexity index is 781. The molecule has 1 N–H and O–H groups in total. The Morgan fingerprint density at radius 2 is 2.09 bits per heavy atom. The van der Waals surface area contributed by atoms with Gasteiger partial charge in [-0.2, -0.15) is 5.21 Å². The Kier molecular flexibility index (Phi) is 4.42. The lowest BCUT2D eigenvalue weighted by molar-refractivity contribution is 0.0800. The topological polar surface area (TPSA) is 87.7 Å². The van der Waals surface area contributed by atoms with Gasteiger partial charge in [0.2, 0.25) is 5.82 Å². The van der Waals surface area contributed by atoms with Gasteiger partial charge >= 0.3 is 0 Å². The molecule has 0 aliphatic heterocycles. The van der Waals surface area contributed by atoms with Crippen LogP contribution in [-0.2, 0) is 6.42 Å². The number of amides is 1. The highest BCUT2D eigenvalue weighted by Gasteiger charge is 2.16. The van der Waals surface area contributed by atoms with Crippen LogP contribution >= 0.6 is 11.5 Å². The van der Waals surface area contributed by atoms with E-state index in [0.29, 0.717) is 17.2 Å². The summed E-state index contributed by atoms with van der Waals surface area (Å²) in [5, 5.41) is 13.9. The predicted molar refractivity (Wildman–Crippen MR) is 87.1 cm³/mol. The van der Waals surface area contributed by atoms with Gasteiger partial charge in [0.05, 0.1) is 0 Å². The van der Waals surface area contributed by atoms with Crippen LogP contribution in [0.3, 0.4) is 0 Å². The van der Waals surface area contributed by atoms with Crippen LogP contribution < -0.4 is 0 Å². The van der Waals surface area contributed by atoms with Gasteiger partial charge < -0.3 is 4.90 Å². The van der Waals surface area contributed by atoms with Crippen molar-refractivity contribution in [2.24, 2.45) is 0 Å². The van der Waals surface area contributed by atoms with Gasteiger partial charge in [-0.1, -0.05) is 24.3 Å². The molecule has 7 nitrogen and oxygen atoms in total. The average Bonchev–Trinajstić information content (AvgIpc) is 3.24. The van der Waals surface area contributed by atoms with E-state index in [1.807, 2.05) is 38.2 Å². The Morgan fingerprint density at radius 1 is 1.30 bits per heavy atom. The Hall–Kier alpha value is -2.61. The average molecular weight is 328 g/mol. The molecule has 1 aromatic carbocycles. The van der Waals surface area contributed by atoms with E-state index in [1.165, 1.54) is 11.5 Å². The van der Waals surface area contributed by atoms with Gasteiger partial charge in [-0.15, -0.1) is 10.2 Å². The standard InChI is InChI=1S/C15H16N6OS/c1-10-9-16-23-13(10)15(22)21(2)8-7-11-3-5-12(6-4-11)14-17-19-20-18-14/h3-6,9H,7-8H2,1-2H3,(H,17,18,19,20). The van der Waals surface area contributed by atoms with Gasteiger partial charge in [0.25, 0.3) is 5.91 Å². The van der Waals surface area contributed by atoms with Crippen molar-refractivity contribution in [3.8, 4) is 11.4 Å². The molecule has 0 saturated carbocycles. The lowest BCUT2D eigenvalue weighted by Gasteiger charge is -2.16. The van der Waals surface area contributed by atoms with E-state index in [2.05, 4.69) is 25.0 Å². The molecule has 0 radical (unpaired) electrons. The van der Waals surface area contributed by atoms with Gasteiger partial charge in [0.1, 0.15) is 4.88 Å². The quantitative estimate of drug-likeness (QED) is 0.773. The van der Waals surface area contributed by atoms with E-state index in [-0.39, 0.29) is 5.91 Å². The molecule has 3 aromatic rings. The smallest absolute Gasteiger partial charge is 0.265 e. The number of tetrazole rings is 1. The number of hydrogen-bond donors (Lipinski definition) is 1. The molecule has 1 amide bonds. The molecule has 8 heteroatoms. The molecular weight excluding hydrogens is 312 g/mol.